The van der Waals surface area contributed by atoms with E-state index < -0.39 is 54.9 Å². The van der Waals surface area contributed by atoms with Crippen LogP contribution in [-0.2, 0) is 14.3 Å². The van der Waals surface area contributed by atoms with E-state index in [9.17, 15) is 30.3 Å². The molecule has 0 amide bonds. The van der Waals surface area contributed by atoms with E-state index in [0.29, 0.717) is 5.57 Å². The van der Waals surface area contributed by atoms with Crippen molar-refractivity contribution in [2.24, 2.45) is 5.41 Å². The van der Waals surface area contributed by atoms with Crippen LogP contribution in [0.5, 0.6) is 0 Å². The van der Waals surface area contributed by atoms with Crippen LogP contribution in [0.25, 0.3) is 0 Å². The van der Waals surface area contributed by atoms with Gasteiger partial charge in [0.1, 0.15) is 30.5 Å². The van der Waals surface area contributed by atoms with E-state index in [1.54, 1.807) is 26.0 Å². The molecule has 2 aliphatic rings. The Morgan fingerprint density at radius 1 is 1.22 bits per heavy atom. The van der Waals surface area contributed by atoms with Crippen molar-refractivity contribution in [1.29, 1.82) is 0 Å². The average molecular weight is 386 g/mol. The summed E-state index contributed by atoms with van der Waals surface area (Å²) in [6.45, 7) is 6.73. The van der Waals surface area contributed by atoms with Crippen LogP contribution in [-0.4, -0.2) is 80.8 Å². The van der Waals surface area contributed by atoms with Crippen molar-refractivity contribution < 1.29 is 39.8 Å². The van der Waals surface area contributed by atoms with Gasteiger partial charge in [-0.25, -0.2) is 0 Å². The van der Waals surface area contributed by atoms with Crippen LogP contribution in [0.1, 0.15) is 34.1 Å². The lowest BCUT2D eigenvalue weighted by Gasteiger charge is -2.40. The Labute approximate surface area is 158 Å². The van der Waals surface area contributed by atoms with Gasteiger partial charge in [0.25, 0.3) is 0 Å². The Bertz CT molecular complexity index is 609. The standard InChI is InChI=1S/C19H30O8/c1-9(26-18-17(25)16(24)15(23)13(8-20)27-18)5-6-11-10(2)14(22)12(21)7-19(11,3)4/h5-6,9,13-18,20,22-25H,7-8H2,1-4H3/b6-5+/t9?,13-,14-,15-,16+,17-,18-/m1/s1. The van der Waals surface area contributed by atoms with E-state index in [4.69, 9.17) is 9.47 Å². The zero-order valence-electron chi connectivity index (χ0n) is 16.1. The lowest BCUT2D eigenvalue weighted by atomic mass is 9.71. The Hall–Kier alpha value is -1.13. The molecule has 27 heavy (non-hydrogen) atoms. The zero-order valence-corrected chi connectivity index (χ0v) is 16.1. The molecular weight excluding hydrogens is 356 g/mol. The van der Waals surface area contributed by atoms with Gasteiger partial charge >= 0.3 is 0 Å². The first-order valence-corrected chi connectivity index (χ1v) is 9.05. The van der Waals surface area contributed by atoms with Crippen molar-refractivity contribution in [3.05, 3.63) is 23.3 Å². The smallest absolute Gasteiger partial charge is 0.187 e. The van der Waals surface area contributed by atoms with Crippen molar-refractivity contribution in [1.82, 2.24) is 0 Å². The molecule has 5 N–H and O–H groups in total. The number of rotatable bonds is 5. The van der Waals surface area contributed by atoms with Crippen LogP contribution >= 0.6 is 0 Å². The van der Waals surface area contributed by atoms with E-state index >= 15 is 0 Å². The van der Waals surface area contributed by atoms with Crippen molar-refractivity contribution >= 4 is 5.78 Å². The number of allylic oxidation sites excluding steroid dienone is 2. The largest absolute Gasteiger partial charge is 0.394 e. The average Bonchev–Trinajstić information content (AvgIpc) is 2.59. The number of hydrogen-bond acceptors (Lipinski definition) is 8. The number of hydrogen-bond donors (Lipinski definition) is 5. The third-order valence-electron chi connectivity index (χ3n) is 5.22. The number of ether oxygens (including phenoxy) is 2. The highest BCUT2D eigenvalue weighted by Crippen LogP contribution is 2.39. The first-order valence-electron chi connectivity index (χ1n) is 9.05. The molecule has 0 aromatic carbocycles. The maximum absolute atomic E-state index is 11.9. The summed E-state index contributed by atoms with van der Waals surface area (Å²) in [7, 11) is 0. The maximum Gasteiger partial charge on any atom is 0.187 e. The Kier molecular flexibility index (Phi) is 6.96. The molecule has 2 rings (SSSR count). The second-order valence-corrected chi connectivity index (χ2v) is 7.92. The fourth-order valence-electron chi connectivity index (χ4n) is 3.58. The molecule has 1 saturated heterocycles. The molecule has 154 valence electrons. The van der Waals surface area contributed by atoms with Crippen molar-refractivity contribution in [2.45, 2.75) is 77.0 Å². The fraction of sp³-hybridized carbons (Fsp3) is 0.737. The van der Waals surface area contributed by atoms with Crippen LogP contribution in [0.2, 0.25) is 0 Å². The molecule has 1 fully saturated rings. The van der Waals surface area contributed by atoms with Gasteiger partial charge in [-0.15, -0.1) is 0 Å². The molecule has 0 bridgehead atoms. The van der Waals surface area contributed by atoms with Gasteiger partial charge in [0, 0.05) is 6.42 Å². The second kappa shape index (κ2) is 8.48. The van der Waals surface area contributed by atoms with Gasteiger partial charge in [-0.1, -0.05) is 26.0 Å². The minimum Gasteiger partial charge on any atom is -0.394 e. The molecule has 0 aromatic rings. The molecule has 8 nitrogen and oxygen atoms in total. The van der Waals surface area contributed by atoms with Crippen molar-refractivity contribution in [2.75, 3.05) is 6.61 Å². The summed E-state index contributed by atoms with van der Waals surface area (Å²) < 4.78 is 10.9. The summed E-state index contributed by atoms with van der Waals surface area (Å²) in [5.74, 6) is -0.208. The number of Topliss-reactive ketones (excluding diaryl/α,β-unsaturated/α-hetero) is 1. The zero-order chi connectivity index (χ0) is 20.5. The van der Waals surface area contributed by atoms with Crippen molar-refractivity contribution in [3.8, 4) is 0 Å². The van der Waals surface area contributed by atoms with Gasteiger partial charge in [0.15, 0.2) is 12.1 Å². The maximum atomic E-state index is 11.9. The molecule has 0 aromatic heterocycles. The monoisotopic (exact) mass is 386 g/mol. The summed E-state index contributed by atoms with van der Waals surface area (Å²) >= 11 is 0. The number of carbonyl (C=O) groups excluding carboxylic acids is 1. The van der Waals surface area contributed by atoms with Crippen LogP contribution in [0, 0.1) is 5.41 Å². The topological polar surface area (TPSA) is 137 Å². The highest BCUT2D eigenvalue weighted by molar-refractivity contribution is 5.88. The van der Waals surface area contributed by atoms with Crippen LogP contribution < -0.4 is 0 Å². The van der Waals surface area contributed by atoms with Crippen LogP contribution in [0.15, 0.2) is 23.3 Å². The quantitative estimate of drug-likeness (QED) is 0.423. The normalized spacial score (nSPS) is 38.5. The minimum absolute atomic E-state index is 0.208. The van der Waals surface area contributed by atoms with Gasteiger partial charge in [0.05, 0.1) is 12.7 Å². The highest BCUT2D eigenvalue weighted by atomic mass is 16.7. The van der Waals surface area contributed by atoms with Gasteiger partial charge in [-0.3, -0.25) is 4.79 Å². The van der Waals surface area contributed by atoms with Gasteiger partial charge in [-0.05, 0) is 30.4 Å². The van der Waals surface area contributed by atoms with E-state index in [2.05, 4.69) is 0 Å². The molecule has 0 saturated carbocycles. The fourth-order valence-corrected chi connectivity index (χ4v) is 3.58. The molecular formula is C19H30O8. The first-order chi connectivity index (χ1) is 12.5. The summed E-state index contributed by atoms with van der Waals surface area (Å²) in [6.07, 6.45) is -4.61. The lowest BCUT2D eigenvalue weighted by molar-refractivity contribution is -0.306. The third kappa shape index (κ3) is 4.65. The summed E-state index contributed by atoms with van der Waals surface area (Å²) in [5.41, 5.74) is 0.992. The Morgan fingerprint density at radius 2 is 1.85 bits per heavy atom. The molecule has 1 aliphatic heterocycles. The predicted molar refractivity (Wildman–Crippen MR) is 95.6 cm³/mol. The van der Waals surface area contributed by atoms with E-state index in [0.717, 1.165) is 5.57 Å². The molecule has 0 spiro atoms. The second-order valence-electron chi connectivity index (χ2n) is 7.92. The lowest BCUT2D eigenvalue weighted by Crippen LogP contribution is -2.59. The number of aliphatic hydroxyl groups excluding tert-OH is 5. The van der Waals surface area contributed by atoms with Crippen LogP contribution in [0.4, 0.5) is 0 Å². The number of aliphatic hydroxyl groups is 5. The molecule has 1 aliphatic carbocycles. The molecule has 0 radical (unpaired) electrons. The number of carbonyl (C=O) groups is 1. The number of ketones is 1. The minimum atomic E-state index is -1.50. The molecule has 8 heteroatoms. The molecule has 1 unspecified atom stereocenters. The highest BCUT2D eigenvalue weighted by Gasteiger charge is 2.44. The van der Waals surface area contributed by atoms with E-state index in [-0.39, 0.29) is 12.2 Å². The SMILES string of the molecule is CC1=C(/C=C/C(C)O[C@@H]2O[C@H](CO)[C@@H](O)[C@H](O)[C@H]2O)C(C)(C)CC(=O)[C@@H]1O. The summed E-state index contributed by atoms with van der Waals surface area (Å²) in [6, 6.07) is 0. The molecule has 7 atom stereocenters. The van der Waals surface area contributed by atoms with Gasteiger partial charge < -0.3 is 35.0 Å². The van der Waals surface area contributed by atoms with Gasteiger partial charge in [0.2, 0.25) is 0 Å². The van der Waals surface area contributed by atoms with Crippen LogP contribution in [0.3, 0.4) is 0 Å². The molecule has 1 heterocycles. The van der Waals surface area contributed by atoms with E-state index in [1.165, 1.54) is 0 Å². The summed E-state index contributed by atoms with van der Waals surface area (Å²) in [5, 5.41) is 48.9. The van der Waals surface area contributed by atoms with Gasteiger partial charge in [-0.2, -0.15) is 0 Å². The third-order valence-corrected chi connectivity index (χ3v) is 5.22. The predicted octanol–water partition coefficient (Wildman–Crippen LogP) is -0.576. The Balaban J connectivity index is 2.10. The van der Waals surface area contributed by atoms with Crippen molar-refractivity contribution in [3.63, 3.8) is 0 Å². The first kappa shape index (κ1) is 22.2. The summed E-state index contributed by atoms with van der Waals surface area (Å²) in [4.78, 5) is 11.9. The Morgan fingerprint density at radius 3 is 2.44 bits per heavy atom. The van der Waals surface area contributed by atoms with E-state index in [1.807, 2.05) is 13.8 Å².